The number of hydrogen-bond donors (Lipinski definition) is 1. The van der Waals surface area contributed by atoms with Gasteiger partial charge in [-0.3, -0.25) is 4.79 Å². The Morgan fingerprint density at radius 2 is 1.88 bits per heavy atom. The third-order valence-corrected chi connectivity index (χ3v) is 4.34. The summed E-state index contributed by atoms with van der Waals surface area (Å²) in [7, 11) is 0. The van der Waals surface area contributed by atoms with Crippen molar-refractivity contribution in [3.05, 3.63) is 59.4 Å². The highest BCUT2D eigenvalue weighted by atomic mass is 16.1. The lowest BCUT2D eigenvalue weighted by atomic mass is 9.98. The second-order valence-electron chi connectivity index (χ2n) is 6.48. The average molecular weight is 321 g/mol. The molecule has 0 bridgehead atoms. The average Bonchev–Trinajstić information content (AvgIpc) is 2.85. The Balaban J connectivity index is 1.88. The van der Waals surface area contributed by atoms with Crippen molar-refractivity contribution >= 4 is 22.6 Å². The topological polar surface area (TPSA) is 46.9 Å². The Morgan fingerprint density at radius 3 is 2.62 bits per heavy atom. The number of anilines is 1. The van der Waals surface area contributed by atoms with E-state index >= 15 is 0 Å². The molecule has 0 radical (unpaired) electrons. The van der Waals surface area contributed by atoms with E-state index in [4.69, 9.17) is 0 Å². The van der Waals surface area contributed by atoms with Crippen LogP contribution in [0.3, 0.4) is 0 Å². The van der Waals surface area contributed by atoms with Gasteiger partial charge in [0.05, 0.1) is 11.0 Å². The van der Waals surface area contributed by atoms with E-state index < -0.39 is 0 Å². The summed E-state index contributed by atoms with van der Waals surface area (Å²) >= 11 is 0. The van der Waals surface area contributed by atoms with Gasteiger partial charge in [0.1, 0.15) is 12.4 Å². The lowest BCUT2D eigenvalue weighted by molar-refractivity contribution is -0.116. The minimum absolute atomic E-state index is 0.0301. The molecule has 0 aliphatic rings. The number of amides is 1. The number of benzene rings is 2. The Morgan fingerprint density at radius 1 is 1.12 bits per heavy atom. The van der Waals surface area contributed by atoms with Crippen molar-refractivity contribution in [2.75, 3.05) is 5.32 Å². The van der Waals surface area contributed by atoms with E-state index in [1.165, 1.54) is 0 Å². The summed E-state index contributed by atoms with van der Waals surface area (Å²) in [5.74, 6) is 1.17. The molecular weight excluding hydrogens is 298 g/mol. The van der Waals surface area contributed by atoms with Gasteiger partial charge in [0.15, 0.2) is 0 Å². The van der Waals surface area contributed by atoms with Crippen molar-refractivity contribution < 1.29 is 4.79 Å². The molecule has 0 unspecified atom stereocenters. The molecule has 0 aliphatic heterocycles. The maximum absolute atomic E-state index is 12.6. The number of nitrogens with one attached hydrogen (secondary N) is 1. The van der Waals surface area contributed by atoms with Gasteiger partial charge in [-0.15, -0.1) is 0 Å². The number of aryl methyl sites for hydroxylation is 2. The number of aromatic nitrogens is 2. The first-order valence-corrected chi connectivity index (χ1v) is 8.28. The summed E-state index contributed by atoms with van der Waals surface area (Å²) in [6.07, 6.45) is 0. The SMILES string of the molecule is Cc1cccc(C(C)C)c1NC(=O)Cn1c(C)nc2ccccc21. The summed E-state index contributed by atoms with van der Waals surface area (Å²) in [4.78, 5) is 17.2. The van der Waals surface area contributed by atoms with E-state index in [2.05, 4.69) is 30.2 Å². The van der Waals surface area contributed by atoms with E-state index in [0.29, 0.717) is 5.92 Å². The molecule has 1 amide bonds. The van der Waals surface area contributed by atoms with Gasteiger partial charge in [-0.1, -0.05) is 44.2 Å². The third-order valence-electron chi connectivity index (χ3n) is 4.34. The molecule has 0 saturated carbocycles. The Bertz CT molecular complexity index is 893. The lowest BCUT2D eigenvalue weighted by Crippen LogP contribution is -2.21. The van der Waals surface area contributed by atoms with E-state index in [1.54, 1.807) is 0 Å². The molecular formula is C20H23N3O. The number of para-hydroxylation sites is 3. The number of fused-ring (bicyclic) bond motifs is 1. The zero-order chi connectivity index (χ0) is 17.3. The normalized spacial score (nSPS) is 11.2. The van der Waals surface area contributed by atoms with Gasteiger partial charge in [0.25, 0.3) is 0 Å². The molecule has 1 aromatic heterocycles. The Hall–Kier alpha value is -2.62. The number of rotatable bonds is 4. The zero-order valence-corrected chi connectivity index (χ0v) is 14.6. The maximum Gasteiger partial charge on any atom is 0.244 e. The molecule has 4 heteroatoms. The molecule has 0 aliphatic carbocycles. The van der Waals surface area contributed by atoms with Crippen LogP contribution in [0.4, 0.5) is 5.69 Å². The molecule has 0 atom stereocenters. The molecule has 3 aromatic rings. The minimum Gasteiger partial charge on any atom is -0.324 e. The van der Waals surface area contributed by atoms with Crippen molar-refractivity contribution in [1.29, 1.82) is 0 Å². The molecule has 2 aromatic carbocycles. The smallest absolute Gasteiger partial charge is 0.244 e. The van der Waals surface area contributed by atoms with Gasteiger partial charge in [0.2, 0.25) is 5.91 Å². The molecule has 24 heavy (non-hydrogen) atoms. The van der Waals surface area contributed by atoms with Crippen molar-refractivity contribution in [2.24, 2.45) is 0 Å². The van der Waals surface area contributed by atoms with Crippen molar-refractivity contribution in [1.82, 2.24) is 9.55 Å². The highest BCUT2D eigenvalue weighted by Gasteiger charge is 2.14. The van der Waals surface area contributed by atoms with E-state index in [9.17, 15) is 4.79 Å². The predicted molar refractivity (Wildman–Crippen MR) is 98.4 cm³/mol. The first kappa shape index (κ1) is 16.2. The van der Waals surface area contributed by atoms with Crippen molar-refractivity contribution in [3.8, 4) is 0 Å². The van der Waals surface area contributed by atoms with Gasteiger partial charge in [0, 0.05) is 5.69 Å². The molecule has 0 spiro atoms. The van der Waals surface area contributed by atoms with Crippen LogP contribution in [0.2, 0.25) is 0 Å². The fourth-order valence-corrected chi connectivity index (χ4v) is 3.06. The van der Waals surface area contributed by atoms with Gasteiger partial charge >= 0.3 is 0 Å². The summed E-state index contributed by atoms with van der Waals surface area (Å²) < 4.78 is 1.96. The monoisotopic (exact) mass is 321 g/mol. The van der Waals surface area contributed by atoms with Gasteiger partial charge in [-0.2, -0.15) is 0 Å². The van der Waals surface area contributed by atoms with Crippen LogP contribution < -0.4 is 5.32 Å². The van der Waals surface area contributed by atoms with Crippen LogP contribution in [0.1, 0.15) is 36.7 Å². The number of carbonyl (C=O) groups excluding carboxylic acids is 1. The second kappa shape index (κ2) is 6.48. The quantitative estimate of drug-likeness (QED) is 0.773. The lowest BCUT2D eigenvalue weighted by Gasteiger charge is -2.17. The van der Waals surface area contributed by atoms with Crippen LogP contribution in [0.25, 0.3) is 11.0 Å². The fourth-order valence-electron chi connectivity index (χ4n) is 3.06. The van der Waals surface area contributed by atoms with Crippen LogP contribution >= 0.6 is 0 Å². The summed E-state index contributed by atoms with van der Waals surface area (Å²) in [6.45, 7) is 8.49. The Kier molecular flexibility index (Phi) is 4.38. The van der Waals surface area contributed by atoms with Crippen molar-refractivity contribution in [2.45, 2.75) is 40.2 Å². The highest BCUT2D eigenvalue weighted by Crippen LogP contribution is 2.27. The first-order chi connectivity index (χ1) is 11.5. The molecule has 0 saturated heterocycles. The highest BCUT2D eigenvalue weighted by molar-refractivity contribution is 5.93. The number of nitrogens with zero attached hydrogens (tertiary/aromatic N) is 2. The van der Waals surface area contributed by atoms with Crippen LogP contribution in [0, 0.1) is 13.8 Å². The molecule has 1 heterocycles. The van der Waals surface area contributed by atoms with E-state index in [-0.39, 0.29) is 12.5 Å². The van der Waals surface area contributed by atoms with Crippen LogP contribution in [0.5, 0.6) is 0 Å². The third kappa shape index (κ3) is 3.04. The van der Waals surface area contributed by atoms with Gasteiger partial charge in [-0.25, -0.2) is 4.98 Å². The Labute approximate surface area is 142 Å². The molecule has 124 valence electrons. The molecule has 0 fully saturated rings. The standard InChI is InChI=1S/C20H23N3O/c1-13(2)16-9-7-8-14(3)20(16)22-19(24)12-23-15(4)21-17-10-5-6-11-18(17)23/h5-11,13H,12H2,1-4H3,(H,22,24). The van der Waals surface area contributed by atoms with E-state index in [0.717, 1.165) is 33.7 Å². The minimum atomic E-state index is -0.0301. The van der Waals surface area contributed by atoms with Gasteiger partial charge in [-0.05, 0) is 43.0 Å². The maximum atomic E-state index is 12.6. The molecule has 4 nitrogen and oxygen atoms in total. The largest absolute Gasteiger partial charge is 0.324 e. The molecule has 3 rings (SSSR count). The van der Waals surface area contributed by atoms with Crippen LogP contribution in [-0.4, -0.2) is 15.5 Å². The van der Waals surface area contributed by atoms with E-state index in [1.807, 2.05) is 54.8 Å². The predicted octanol–water partition coefficient (Wildman–Crippen LogP) is 4.42. The van der Waals surface area contributed by atoms with Crippen LogP contribution in [0.15, 0.2) is 42.5 Å². The number of imidazole rings is 1. The number of hydrogen-bond acceptors (Lipinski definition) is 2. The molecule has 1 N–H and O–H groups in total. The summed E-state index contributed by atoms with van der Waals surface area (Å²) in [5.41, 5.74) is 5.08. The first-order valence-electron chi connectivity index (χ1n) is 8.28. The summed E-state index contributed by atoms with van der Waals surface area (Å²) in [6, 6.07) is 14.0. The number of carbonyl (C=O) groups is 1. The van der Waals surface area contributed by atoms with Gasteiger partial charge < -0.3 is 9.88 Å². The zero-order valence-electron chi connectivity index (χ0n) is 14.6. The van der Waals surface area contributed by atoms with Crippen molar-refractivity contribution in [3.63, 3.8) is 0 Å². The second-order valence-corrected chi connectivity index (χ2v) is 6.48. The van der Waals surface area contributed by atoms with Crippen LogP contribution in [-0.2, 0) is 11.3 Å². The fraction of sp³-hybridized carbons (Fsp3) is 0.300. The summed E-state index contributed by atoms with van der Waals surface area (Å²) in [5, 5.41) is 3.10.